The maximum atomic E-state index is 12.4. The number of aryl methyl sites for hydroxylation is 1. The van der Waals surface area contributed by atoms with E-state index >= 15 is 0 Å². The number of carbonyl (C=O) groups excluding carboxylic acids is 1. The number of hydrogen-bond acceptors (Lipinski definition) is 3. The Morgan fingerprint density at radius 2 is 2.05 bits per heavy atom. The first kappa shape index (κ1) is 14.8. The molecule has 5 nitrogen and oxygen atoms in total. The Hall–Kier alpha value is -1.62. The molecular weight excluding hydrogens is 254 g/mol. The number of aromatic nitrogens is 1. The second-order valence-electron chi connectivity index (χ2n) is 5.49. The van der Waals surface area contributed by atoms with E-state index in [9.17, 15) is 9.59 Å². The molecule has 0 spiro atoms. The molecule has 1 aliphatic heterocycles. The van der Waals surface area contributed by atoms with E-state index in [1.807, 2.05) is 11.9 Å². The summed E-state index contributed by atoms with van der Waals surface area (Å²) in [5.74, 6) is 0.749. The lowest BCUT2D eigenvalue weighted by Gasteiger charge is -2.32. The fourth-order valence-corrected chi connectivity index (χ4v) is 2.68. The molecule has 0 bridgehead atoms. The van der Waals surface area contributed by atoms with Crippen LogP contribution in [0, 0.1) is 5.92 Å². The van der Waals surface area contributed by atoms with Gasteiger partial charge >= 0.3 is 0 Å². The third-order valence-electron chi connectivity index (χ3n) is 4.04. The van der Waals surface area contributed by atoms with E-state index in [0.29, 0.717) is 11.5 Å². The van der Waals surface area contributed by atoms with Crippen LogP contribution in [0.3, 0.4) is 0 Å². The molecule has 0 unspecified atom stereocenters. The van der Waals surface area contributed by atoms with Crippen LogP contribution in [-0.4, -0.2) is 42.1 Å². The smallest absolute Gasteiger partial charge is 0.255 e. The second-order valence-corrected chi connectivity index (χ2v) is 5.49. The van der Waals surface area contributed by atoms with E-state index in [0.717, 1.165) is 32.5 Å². The summed E-state index contributed by atoms with van der Waals surface area (Å²) in [6.45, 7) is 2.67. The summed E-state index contributed by atoms with van der Waals surface area (Å²) < 4.78 is 1.45. The van der Waals surface area contributed by atoms with E-state index in [4.69, 9.17) is 0 Å². The number of hydrogen-bond donors (Lipinski definition) is 1. The topological polar surface area (TPSA) is 54.3 Å². The van der Waals surface area contributed by atoms with E-state index < -0.39 is 0 Å². The van der Waals surface area contributed by atoms with E-state index in [2.05, 4.69) is 5.32 Å². The third-order valence-corrected chi connectivity index (χ3v) is 4.04. The van der Waals surface area contributed by atoms with Gasteiger partial charge in [0.25, 0.3) is 5.91 Å². The monoisotopic (exact) mass is 277 g/mol. The maximum absolute atomic E-state index is 12.4. The molecule has 1 saturated heterocycles. The number of amides is 1. The van der Waals surface area contributed by atoms with Crippen LogP contribution in [-0.2, 0) is 7.05 Å². The Kier molecular flexibility index (Phi) is 4.95. The molecule has 1 aliphatic rings. The van der Waals surface area contributed by atoms with Crippen LogP contribution in [0.15, 0.2) is 23.1 Å². The van der Waals surface area contributed by atoms with Gasteiger partial charge in [0.2, 0.25) is 5.56 Å². The molecule has 1 amide bonds. The molecule has 0 atom stereocenters. The Labute approximate surface area is 119 Å². The molecule has 1 aromatic rings. The molecular formula is C15H23N3O2. The van der Waals surface area contributed by atoms with Gasteiger partial charge < -0.3 is 14.8 Å². The van der Waals surface area contributed by atoms with Gasteiger partial charge in [-0.3, -0.25) is 9.59 Å². The van der Waals surface area contributed by atoms with Crippen molar-refractivity contribution in [2.24, 2.45) is 13.0 Å². The molecule has 110 valence electrons. The summed E-state index contributed by atoms with van der Waals surface area (Å²) in [5, 5.41) is 3.17. The summed E-state index contributed by atoms with van der Waals surface area (Å²) in [6, 6.07) is 3.07. The first-order valence-corrected chi connectivity index (χ1v) is 7.22. The Bertz CT molecular complexity index is 516. The standard InChI is InChI=1S/C15H23N3O2/c1-16-8-5-12-6-9-18(10-7-12)15(20)13-3-4-14(19)17(2)11-13/h3-4,11-12,16H,5-10H2,1-2H3. The zero-order chi connectivity index (χ0) is 14.5. The van der Waals surface area contributed by atoms with Crippen molar-refractivity contribution in [1.29, 1.82) is 0 Å². The van der Waals surface area contributed by atoms with Gasteiger partial charge in [0.05, 0.1) is 5.56 Å². The van der Waals surface area contributed by atoms with Crippen LogP contribution >= 0.6 is 0 Å². The number of rotatable bonds is 4. The number of carbonyl (C=O) groups is 1. The highest BCUT2D eigenvalue weighted by Crippen LogP contribution is 2.21. The van der Waals surface area contributed by atoms with Crippen molar-refractivity contribution in [2.75, 3.05) is 26.7 Å². The average molecular weight is 277 g/mol. The zero-order valence-corrected chi connectivity index (χ0v) is 12.3. The molecule has 1 N–H and O–H groups in total. The molecule has 1 aromatic heterocycles. The van der Waals surface area contributed by atoms with Crippen LogP contribution in [0.25, 0.3) is 0 Å². The summed E-state index contributed by atoms with van der Waals surface area (Å²) in [4.78, 5) is 25.6. The number of likely N-dealkylation sites (tertiary alicyclic amines) is 1. The van der Waals surface area contributed by atoms with Crippen molar-refractivity contribution in [3.05, 3.63) is 34.2 Å². The lowest BCUT2D eigenvalue weighted by Crippen LogP contribution is -2.39. The van der Waals surface area contributed by atoms with Crippen LogP contribution in [0.5, 0.6) is 0 Å². The van der Waals surface area contributed by atoms with Crippen LogP contribution < -0.4 is 10.9 Å². The van der Waals surface area contributed by atoms with Crippen molar-refractivity contribution < 1.29 is 4.79 Å². The van der Waals surface area contributed by atoms with Crippen molar-refractivity contribution in [3.8, 4) is 0 Å². The minimum absolute atomic E-state index is 0.0349. The molecule has 5 heteroatoms. The number of pyridine rings is 1. The molecule has 1 fully saturated rings. The Balaban J connectivity index is 1.94. The number of nitrogens with zero attached hydrogens (tertiary/aromatic N) is 2. The highest BCUT2D eigenvalue weighted by atomic mass is 16.2. The quantitative estimate of drug-likeness (QED) is 0.887. The average Bonchev–Trinajstić information content (AvgIpc) is 2.48. The highest BCUT2D eigenvalue weighted by molar-refractivity contribution is 5.93. The predicted octanol–water partition coefficient (Wildman–Crippen LogP) is 0.847. The van der Waals surface area contributed by atoms with Crippen LogP contribution in [0.4, 0.5) is 0 Å². The van der Waals surface area contributed by atoms with Gasteiger partial charge in [0.1, 0.15) is 0 Å². The molecule has 0 radical (unpaired) electrons. The molecule has 0 aliphatic carbocycles. The zero-order valence-electron chi connectivity index (χ0n) is 12.3. The van der Waals surface area contributed by atoms with Gasteiger partial charge in [0, 0.05) is 32.4 Å². The van der Waals surface area contributed by atoms with Gasteiger partial charge in [-0.15, -0.1) is 0 Å². The summed E-state index contributed by atoms with van der Waals surface area (Å²) in [5.41, 5.74) is 0.507. The van der Waals surface area contributed by atoms with Crippen molar-refractivity contribution in [2.45, 2.75) is 19.3 Å². The lowest BCUT2D eigenvalue weighted by atomic mass is 9.93. The van der Waals surface area contributed by atoms with Gasteiger partial charge in [-0.1, -0.05) is 0 Å². The van der Waals surface area contributed by atoms with Crippen LogP contribution in [0.2, 0.25) is 0 Å². The SMILES string of the molecule is CNCCC1CCN(C(=O)c2ccc(=O)n(C)c2)CC1. The maximum Gasteiger partial charge on any atom is 0.255 e. The minimum Gasteiger partial charge on any atom is -0.339 e. The van der Waals surface area contributed by atoms with Gasteiger partial charge in [-0.05, 0) is 44.8 Å². The number of nitrogens with one attached hydrogen (secondary N) is 1. The molecule has 0 aromatic carbocycles. The van der Waals surface area contributed by atoms with Gasteiger partial charge in [-0.2, -0.15) is 0 Å². The number of piperidine rings is 1. The minimum atomic E-state index is -0.0904. The van der Waals surface area contributed by atoms with Gasteiger partial charge in [0.15, 0.2) is 0 Å². The van der Waals surface area contributed by atoms with E-state index in [-0.39, 0.29) is 11.5 Å². The fourth-order valence-electron chi connectivity index (χ4n) is 2.68. The lowest BCUT2D eigenvalue weighted by molar-refractivity contribution is 0.0686. The summed E-state index contributed by atoms with van der Waals surface area (Å²) in [7, 11) is 3.64. The van der Waals surface area contributed by atoms with Crippen molar-refractivity contribution in [3.63, 3.8) is 0 Å². The molecule has 2 heterocycles. The van der Waals surface area contributed by atoms with E-state index in [1.54, 1.807) is 19.3 Å². The fraction of sp³-hybridized carbons (Fsp3) is 0.600. The largest absolute Gasteiger partial charge is 0.339 e. The molecule has 2 rings (SSSR count). The normalized spacial score (nSPS) is 16.4. The second kappa shape index (κ2) is 6.70. The van der Waals surface area contributed by atoms with Crippen molar-refractivity contribution in [1.82, 2.24) is 14.8 Å². The first-order chi connectivity index (χ1) is 9.61. The summed E-state index contributed by atoms with van der Waals surface area (Å²) in [6.07, 6.45) is 4.94. The van der Waals surface area contributed by atoms with Gasteiger partial charge in [-0.25, -0.2) is 0 Å². The molecule has 0 saturated carbocycles. The van der Waals surface area contributed by atoms with Crippen LogP contribution in [0.1, 0.15) is 29.6 Å². The Morgan fingerprint density at radius 1 is 1.35 bits per heavy atom. The van der Waals surface area contributed by atoms with E-state index in [1.165, 1.54) is 17.1 Å². The predicted molar refractivity (Wildman–Crippen MR) is 78.9 cm³/mol. The third kappa shape index (κ3) is 3.48. The Morgan fingerprint density at radius 3 is 2.65 bits per heavy atom. The first-order valence-electron chi connectivity index (χ1n) is 7.22. The van der Waals surface area contributed by atoms with Crippen molar-refractivity contribution >= 4 is 5.91 Å². The highest BCUT2D eigenvalue weighted by Gasteiger charge is 2.23. The molecule has 20 heavy (non-hydrogen) atoms. The summed E-state index contributed by atoms with van der Waals surface area (Å²) >= 11 is 0.